The molecule has 1 aliphatic heterocycles. The Morgan fingerprint density at radius 1 is 1.34 bits per heavy atom. The SMILES string of the molecule is Cc1sc(NC(=O)c2ccc(S(=O)(=O)N(C)C[C@H]3CCCO3)cc2)c(C#N)c1C. The van der Waals surface area contributed by atoms with Gasteiger partial charge in [0, 0.05) is 30.6 Å². The van der Waals surface area contributed by atoms with E-state index in [1.807, 2.05) is 13.8 Å². The molecule has 1 amide bonds. The molecule has 1 aromatic heterocycles. The number of carbonyl (C=O) groups excluding carboxylic acids is 1. The number of hydrogen-bond acceptors (Lipinski definition) is 6. The first kappa shape index (κ1) is 21.5. The number of nitriles is 1. The predicted molar refractivity (Wildman–Crippen MR) is 112 cm³/mol. The van der Waals surface area contributed by atoms with Gasteiger partial charge in [0.25, 0.3) is 5.91 Å². The lowest BCUT2D eigenvalue weighted by molar-refractivity contribution is 0.0979. The molecule has 0 spiro atoms. The summed E-state index contributed by atoms with van der Waals surface area (Å²) in [5, 5.41) is 12.6. The third kappa shape index (κ3) is 4.51. The van der Waals surface area contributed by atoms with Crippen LogP contribution in [0.5, 0.6) is 0 Å². The number of anilines is 1. The largest absolute Gasteiger partial charge is 0.377 e. The average molecular weight is 434 g/mol. The van der Waals surface area contributed by atoms with Crippen molar-refractivity contribution in [1.82, 2.24) is 4.31 Å². The van der Waals surface area contributed by atoms with Crippen LogP contribution in [0.1, 0.15) is 39.2 Å². The summed E-state index contributed by atoms with van der Waals surface area (Å²) in [4.78, 5) is 13.6. The Morgan fingerprint density at radius 3 is 2.62 bits per heavy atom. The van der Waals surface area contributed by atoms with Crippen LogP contribution in [-0.2, 0) is 14.8 Å². The molecule has 0 saturated carbocycles. The Morgan fingerprint density at radius 2 is 2.03 bits per heavy atom. The van der Waals surface area contributed by atoms with Gasteiger partial charge in [-0.1, -0.05) is 0 Å². The first-order chi connectivity index (χ1) is 13.7. The maximum absolute atomic E-state index is 12.8. The standard InChI is InChI=1S/C20H23N3O4S2/c1-13-14(2)28-20(18(13)11-21)22-19(24)15-6-8-17(9-7-15)29(25,26)23(3)12-16-5-4-10-27-16/h6-9,16H,4-5,10,12H2,1-3H3,(H,22,24)/t16-/m1/s1. The van der Waals surface area contributed by atoms with Crippen LogP contribution >= 0.6 is 11.3 Å². The molecule has 0 aliphatic carbocycles. The zero-order valence-electron chi connectivity index (χ0n) is 16.6. The maximum atomic E-state index is 12.8. The molecule has 1 saturated heterocycles. The molecule has 3 rings (SSSR count). The van der Waals surface area contributed by atoms with Crippen LogP contribution < -0.4 is 5.32 Å². The molecule has 9 heteroatoms. The van der Waals surface area contributed by atoms with Crippen molar-refractivity contribution >= 4 is 32.3 Å². The van der Waals surface area contributed by atoms with Crippen molar-refractivity contribution in [3.05, 3.63) is 45.8 Å². The summed E-state index contributed by atoms with van der Waals surface area (Å²) < 4.78 is 32.3. The van der Waals surface area contributed by atoms with Gasteiger partial charge in [0.2, 0.25) is 10.0 Å². The fraction of sp³-hybridized carbons (Fsp3) is 0.400. The van der Waals surface area contributed by atoms with Crippen LogP contribution in [0.3, 0.4) is 0 Å². The lowest BCUT2D eigenvalue weighted by atomic mass is 10.2. The van der Waals surface area contributed by atoms with E-state index in [1.165, 1.54) is 47.0 Å². The second kappa shape index (κ2) is 8.63. The number of carbonyl (C=O) groups is 1. The number of sulfonamides is 1. The maximum Gasteiger partial charge on any atom is 0.256 e. The zero-order chi connectivity index (χ0) is 21.2. The number of hydrogen-bond donors (Lipinski definition) is 1. The highest BCUT2D eigenvalue weighted by atomic mass is 32.2. The lowest BCUT2D eigenvalue weighted by Gasteiger charge is -2.20. The van der Waals surface area contributed by atoms with E-state index in [9.17, 15) is 18.5 Å². The van der Waals surface area contributed by atoms with Gasteiger partial charge in [-0.3, -0.25) is 4.79 Å². The van der Waals surface area contributed by atoms with E-state index in [2.05, 4.69) is 11.4 Å². The van der Waals surface area contributed by atoms with Crippen LogP contribution in [0.4, 0.5) is 5.00 Å². The number of aryl methyl sites for hydroxylation is 1. The van der Waals surface area contributed by atoms with Crippen molar-refractivity contribution in [2.24, 2.45) is 0 Å². The minimum atomic E-state index is -3.66. The van der Waals surface area contributed by atoms with E-state index >= 15 is 0 Å². The molecule has 0 bridgehead atoms. The van der Waals surface area contributed by atoms with E-state index < -0.39 is 10.0 Å². The summed E-state index contributed by atoms with van der Waals surface area (Å²) in [6.45, 7) is 4.70. The molecule has 0 radical (unpaired) electrons. The van der Waals surface area contributed by atoms with Crippen molar-refractivity contribution in [3.63, 3.8) is 0 Å². The Kier molecular flexibility index (Phi) is 6.39. The molecule has 29 heavy (non-hydrogen) atoms. The highest BCUT2D eigenvalue weighted by Gasteiger charge is 2.26. The number of rotatable bonds is 6. The summed E-state index contributed by atoms with van der Waals surface area (Å²) in [5.41, 5.74) is 1.62. The number of likely N-dealkylation sites (N-methyl/N-ethyl adjacent to an activating group) is 1. The summed E-state index contributed by atoms with van der Waals surface area (Å²) in [5.74, 6) is -0.389. The molecule has 1 N–H and O–H groups in total. The van der Waals surface area contributed by atoms with Gasteiger partial charge in [-0.15, -0.1) is 11.3 Å². The van der Waals surface area contributed by atoms with Crippen LogP contribution in [-0.4, -0.2) is 44.9 Å². The van der Waals surface area contributed by atoms with Crippen molar-refractivity contribution in [3.8, 4) is 6.07 Å². The third-order valence-corrected chi connectivity index (χ3v) is 7.99. The Balaban J connectivity index is 1.73. The molecule has 1 aliphatic rings. The second-order valence-electron chi connectivity index (χ2n) is 7.00. The quantitative estimate of drug-likeness (QED) is 0.754. The zero-order valence-corrected chi connectivity index (χ0v) is 18.2. The second-order valence-corrected chi connectivity index (χ2v) is 10.3. The van der Waals surface area contributed by atoms with Crippen LogP contribution in [0.2, 0.25) is 0 Å². The molecule has 1 aromatic carbocycles. The van der Waals surface area contributed by atoms with E-state index in [4.69, 9.17) is 4.74 Å². The van der Waals surface area contributed by atoms with E-state index in [0.717, 1.165) is 23.3 Å². The summed E-state index contributed by atoms with van der Waals surface area (Å²) in [6, 6.07) is 7.91. The van der Waals surface area contributed by atoms with Gasteiger partial charge in [-0.05, 0) is 56.5 Å². The number of thiophene rings is 1. The molecular formula is C20H23N3O4S2. The van der Waals surface area contributed by atoms with Crippen LogP contribution in [0.25, 0.3) is 0 Å². The van der Waals surface area contributed by atoms with Gasteiger partial charge in [0.15, 0.2) is 0 Å². The van der Waals surface area contributed by atoms with Gasteiger partial charge in [0.05, 0.1) is 16.6 Å². The Hall–Kier alpha value is -2.25. The molecule has 1 atom stereocenters. The van der Waals surface area contributed by atoms with Crippen LogP contribution in [0.15, 0.2) is 29.2 Å². The van der Waals surface area contributed by atoms with Gasteiger partial charge < -0.3 is 10.1 Å². The molecule has 1 fully saturated rings. The van der Waals surface area contributed by atoms with Crippen molar-refractivity contribution in [2.45, 2.75) is 37.7 Å². The van der Waals surface area contributed by atoms with Gasteiger partial charge in [0.1, 0.15) is 11.1 Å². The number of benzene rings is 1. The average Bonchev–Trinajstić information content (AvgIpc) is 3.30. The van der Waals surface area contributed by atoms with E-state index in [0.29, 0.717) is 29.3 Å². The van der Waals surface area contributed by atoms with Gasteiger partial charge in [-0.2, -0.15) is 9.57 Å². The highest BCUT2D eigenvalue weighted by molar-refractivity contribution is 7.89. The summed E-state index contributed by atoms with van der Waals surface area (Å²) in [6.07, 6.45) is 1.72. The number of ether oxygens (including phenoxy) is 1. The number of amides is 1. The smallest absolute Gasteiger partial charge is 0.256 e. The fourth-order valence-corrected chi connectivity index (χ4v) is 5.36. The lowest BCUT2D eigenvalue weighted by Crippen LogP contribution is -2.34. The number of nitrogens with one attached hydrogen (secondary N) is 1. The number of nitrogens with zero attached hydrogens (tertiary/aromatic N) is 2. The minimum Gasteiger partial charge on any atom is -0.377 e. The monoisotopic (exact) mass is 433 g/mol. The normalized spacial score (nSPS) is 16.7. The van der Waals surface area contributed by atoms with Crippen molar-refractivity contribution in [1.29, 1.82) is 5.26 Å². The van der Waals surface area contributed by atoms with Crippen molar-refractivity contribution in [2.75, 3.05) is 25.5 Å². The summed E-state index contributed by atoms with van der Waals surface area (Å²) in [7, 11) is -2.13. The topological polar surface area (TPSA) is 99.5 Å². The van der Waals surface area contributed by atoms with Gasteiger partial charge >= 0.3 is 0 Å². The molecule has 154 valence electrons. The highest BCUT2D eigenvalue weighted by Crippen LogP contribution is 2.32. The van der Waals surface area contributed by atoms with E-state index in [-0.39, 0.29) is 16.9 Å². The molecule has 2 heterocycles. The minimum absolute atomic E-state index is 0.0770. The predicted octanol–water partition coefficient (Wildman–Crippen LogP) is 3.29. The Bertz CT molecular complexity index is 1050. The fourth-order valence-electron chi connectivity index (χ4n) is 3.16. The molecule has 7 nitrogen and oxygen atoms in total. The Labute approximate surface area is 175 Å². The van der Waals surface area contributed by atoms with Gasteiger partial charge in [-0.25, -0.2) is 8.42 Å². The molecular weight excluding hydrogens is 410 g/mol. The van der Waals surface area contributed by atoms with Crippen LogP contribution in [0, 0.1) is 25.2 Å². The third-order valence-electron chi connectivity index (χ3n) is 5.03. The molecule has 0 unspecified atom stereocenters. The first-order valence-electron chi connectivity index (χ1n) is 9.23. The van der Waals surface area contributed by atoms with Crippen molar-refractivity contribution < 1.29 is 17.9 Å². The summed E-state index contributed by atoms with van der Waals surface area (Å²) >= 11 is 1.35. The molecule has 2 aromatic rings. The first-order valence-corrected chi connectivity index (χ1v) is 11.5. The van der Waals surface area contributed by atoms with E-state index in [1.54, 1.807) is 0 Å².